The van der Waals surface area contributed by atoms with Crippen molar-refractivity contribution in [1.29, 1.82) is 0 Å². The molecule has 2 aromatic carbocycles. The number of hydrogen-bond donors (Lipinski definition) is 1. The van der Waals surface area contributed by atoms with Crippen LogP contribution in [0.2, 0.25) is 10.0 Å². The maximum absolute atomic E-state index is 12.2. The van der Waals surface area contributed by atoms with Crippen molar-refractivity contribution in [3.63, 3.8) is 0 Å². The van der Waals surface area contributed by atoms with Crippen LogP contribution in [0, 0.1) is 6.92 Å². The smallest absolute Gasteiger partial charge is 0.339 e. The van der Waals surface area contributed by atoms with Crippen LogP contribution in [0.4, 0.5) is 5.69 Å². The summed E-state index contributed by atoms with van der Waals surface area (Å²) in [7, 11) is 1.42. The predicted octanol–water partition coefficient (Wildman–Crippen LogP) is 4.49. The van der Waals surface area contributed by atoms with Crippen molar-refractivity contribution in [3.8, 4) is 5.75 Å². The van der Waals surface area contributed by atoms with Gasteiger partial charge < -0.3 is 14.8 Å². The third-order valence-electron chi connectivity index (χ3n) is 3.38. The molecule has 1 atom stereocenters. The molecule has 1 amide bonds. The number of aryl methyl sites for hydroxylation is 1. The number of ether oxygens (including phenoxy) is 2. The van der Waals surface area contributed by atoms with E-state index in [0.29, 0.717) is 5.69 Å². The number of anilines is 1. The Balaban J connectivity index is 2.05. The number of hydrogen-bond acceptors (Lipinski definition) is 4. The monoisotopic (exact) mass is 381 g/mol. The normalized spacial score (nSPS) is 11.6. The molecule has 0 aromatic heterocycles. The molecule has 0 unspecified atom stereocenters. The lowest BCUT2D eigenvalue weighted by Gasteiger charge is -2.14. The quantitative estimate of drug-likeness (QED) is 0.774. The standard InChI is InChI=1S/C18H17Cl2NO4/c1-10-5-4-6-13(7-10)21-17(22)11(2)25-18(23)12-8-14(19)16(24-3)15(20)9-12/h4-9,11H,1-3H3,(H,21,22)/t11-/m0/s1. The van der Waals surface area contributed by atoms with Crippen molar-refractivity contribution in [2.75, 3.05) is 12.4 Å². The molecule has 7 heteroatoms. The first-order valence-corrected chi connectivity index (χ1v) is 8.19. The van der Waals surface area contributed by atoms with Crippen molar-refractivity contribution < 1.29 is 19.1 Å². The van der Waals surface area contributed by atoms with E-state index in [1.54, 1.807) is 6.07 Å². The number of benzene rings is 2. The average molecular weight is 382 g/mol. The Hall–Kier alpha value is -2.24. The molecule has 0 aliphatic carbocycles. The molecule has 0 fully saturated rings. The van der Waals surface area contributed by atoms with Gasteiger partial charge >= 0.3 is 5.97 Å². The number of halogens is 2. The van der Waals surface area contributed by atoms with E-state index in [1.807, 2.05) is 25.1 Å². The summed E-state index contributed by atoms with van der Waals surface area (Å²) >= 11 is 12.0. The van der Waals surface area contributed by atoms with Gasteiger partial charge in [0.25, 0.3) is 5.91 Å². The molecule has 0 aliphatic rings. The summed E-state index contributed by atoms with van der Waals surface area (Å²) in [5.41, 5.74) is 1.76. The van der Waals surface area contributed by atoms with Gasteiger partial charge in [-0.15, -0.1) is 0 Å². The zero-order valence-electron chi connectivity index (χ0n) is 13.9. The van der Waals surface area contributed by atoms with Crippen LogP contribution >= 0.6 is 23.2 Å². The molecule has 5 nitrogen and oxygen atoms in total. The molecule has 0 bridgehead atoms. The third-order valence-corrected chi connectivity index (χ3v) is 3.94. The minimum absolute atomic E-state index is 0.131. The predicted molar refractivity (Wildman–Crippen MR) is 97.7 cm³/mol. The molecule has 0 heterocycles. The minimum Gasteiger partial charge on any atom is -0.494 e. The van der Waals surface area contributed by atoms with Crippen LogP contribution in [0.5, 0.6) is 5.75 Å². The molecule has 0 saturated carbocycles. The molecular weight excluding hydrogens is 365 g/mol. The summed E-state index contributed by atoms with van der Waals surface area (Å²) in [5, 5.41) is 3.05. The molecular formula is C18H17Cl2NO4. The Morgan fingerprint density at radius 2 is 1.76 bits per heavy atom. The van der Waals surface area contributed by atoms with Gasteiger partial charge in [-0.25, -0.2) is 4.79 Å². The third kappa shape index (κ3) is 4.87. The summed E-state index contributed by atoms with van der Waals surface area (Å²) < 4.78 is 10.2. The number of nitrogens with one attached hydrogen (secondary N) is 1. The van der Waals surface area contributed by atoms with Gasteiger partial charge in [0, 0.05) is 5.69 Å². The topological polar surface area (TPSA) is 64.6 Å². The van der Waals surface area contributed by atoms with Gasteiger partial charge in [0.2, 0.25) is 0 Å². The Morgan fingerprint density at radius 1 is 1.12 bits per heavy atom. The second-order valence-corrected chi connectivity index (χ2v) is 6.19. The van der Waals surface area contributed by atoms with E-state index < -0.39 is 18.0 Å². The van der Waals surface area contributed by atoms with Crippen LogP contribution in [0.3, 0.4) is 0 Å². The van der Waals surface area contributed by atoms with E-state index in [9.17, 15) is 9.59 Å². The first kappa shape index (κ1) is 19.1. The largest absolute Gasteiger partial charge is 0.494 e. The zero-order chi connectivity index (χ0) is 18.6. The fourth-order valence-electron chi connectivity index (χ4n) is 2.12. The van der Waals surface area contributed by atoms with Crippen LogP contribution in [0.15, 0.2) is 36.4 Å². The van der Waals surface area contributed by atoms with Gasteiger partial charge in [0.15, 0.2) is 11.9 Å². The van der Waals surface area contributed by atoms with Crippen molar-refractivity contribution in [2.24, 2.45) is 0 Å². The fraction of sp³-hybridized carbons (Fsp3) is 0.222. The Morgan fingerprint density at radius 3 is 2.32 bits per heavy atom. The van der Waals surface area contributed by atoms with E-state index in [2.05, 4.69) is 5.32 Å². The Labute approximate surface area is 155 Å². The Bertz CT molecular complexity index is 784. The average Bonchev–Trinajstić information content (AvgIpc) is 2.54. The first-order chi connectivity index (χ1) is 11.8. The van der Waals surface area contributed by atoms with Crippen LogP contribution in [-0.4, -0.2) is 25.1 Å². The first-order valence-electron chi connectivity index (χ1n) is 7.43. The summed E-state index contributed by atoms with van der Waals surface area (Å²) in [4.78, 5) is 24.4. The molecule has 2 aromatic rings. The van der Waals surface area contributed by atoms with Crippen LogP contribution in [0.25, 0.3) is 0 Å². The molecule has 1 N–H and O–H groups in total. The molecule has 0 aliphatic heterocycles. The highest BCUT2D eigenvalue weighted by Gasteiger charge is 2.21. The molecule has 2 rings (SSSR count). The lowest BCUT2D eigenvalue weighted by atomic mass is 10.2. The van der Waals surface area contributed by atoms with E-state index in [0.717, 1.165) is 5.56 Å². The molecule has 25 heavy (non-hydrogen) atoms. The maximum atomic E-state index is 12.2. The molecule has 0 radical (unpaired) electrons. The van der Waals surface area contributed by atoms with Crippen LogP contribution < -0.4 is 10.1 Å². The lowest BCUT2D eigenvalue weighted by molar-refractivity contribution is -0.123. The van der Waals surface area contributed by atoms with E-state index in [1.165, 1.54) is 26.2 Å². The van der Waals surface area contributed by atoms with Gasteiger partial charge in [-0.3, -0.25) is 4.79 Å². The number of esters is 1. The molecule has 0 saturated heterocycles. The second kappa shape index (κ2) is 8.23. The van der Waals surface area contributed by atoms with Crippen molar-refractivity contribution in [2.45, 2.75) is 20.0 Å². The number of carbonyl (C=O) groups is 2. The second-order valence-electron chi connectivity index (χ2n) is 5.38. The van der Waals surface area contributed by atoms with Gasteiger partial charge in [0.05, 0.1) is 22.7 Å². The SMILES string of the molecule is COc1c(Cl)cc(C(=O)O[C@@H](C)C(=O)Nc2cccc(C)c2)cc1Cl. The van der Waals surface area contributed by atoms with E-state index in [-0.39, 0.29) is 21.4 Å². The van der Waals surface area contributed by atoms with E-state index in [4.69, 9.17) is 32.7 Å². The number of rotatable bonds is 5. The van der Waals surface area contributed by atoms with Gasteiger partial charge in [-0.05, 0) is 43.7 Å². The summed E-state index contributed by atoms with van der Waals surface area (Å²) in [5.74, 6) is -0.881. The fourth-order valence-corrected chi connectivity index (χ4v) is 2.76. The Kier molecular flexibility index (Phi) is 6.28. The van der Waals surface area contributed by atoms with Gasteiger partial charge in [-0.2, -0.15) is 0 Å². The van der Waals surface area contributed by atoms with Gasteiger partial charge in [0.1, 0.15) is 0 Å². The summed E-state index contributed by atoms with van der Waals surface area (Å²) in [6.45, 7) is 3.39. The van der Waals surface area contributed by atoms with E-state index >= 15 is 0 Å². The van der Waals surface area contributed by atoms with Gasteiger partial charge in [-0.1, -0.05) is 35.3 Å². The lowest BCUT2D eigenvalue weighted by Crippen LogP contribution is -2.30. The number of carbonyl (C=O) groups excluding carboxylic acids is 2. The number of methoxy groups -OCH3 is 1. The summed E-state index contributed by atoms with van der Waals surface area (Å²) in [6.07, 6.45) is -0.993. The van der Waals surface area contributed by atoms with Crippen molar-refractivity contribution in [1.82, 2.24) is 0 Å². The van der Waals surface area contributed by atoms with Crippen molar-refractivity contribution >= 4 is 40.8 Å². The summed E-state index contributed by atoms with van der Waals surface area (Å²) in [6, 6.07) is 10.1. The van der Waals surface area contributed by atoms with Crippen molar-refractivity contribution in [3.05, 3.63) is 57.6 Å². The van der Waals surface area contributed by atoms with Crippen LogP contribution in [0.1, 0.15) is 22.8 Å². The maximum Gasteiger partial charge on any atom is 0.339 e. The van der Waals surface area contributed by atoms with Crippen LogP contribution in [-0.2, 0) is 9.53 Å². The number of amides is 1. The highest BCUT2D eigenvalue weighted by molar-refractivity contribution is 6.37. The zero-order valence-corrected chi connectivity index (χ0v) is 15.4. The molecule has 132 valence electrons. The highest BCUT2D eigenvalue weighted by Crippen LogP contribution is 2.34. The highest BCUT2D eigenvalue weighted by atomic mass is 35.5. The molecule has 0 spiro atoms. The minimum atomic E-state index is -0.993.